The third kappa shape index (κ3) is 3.46. The van der Waals surface area contributed by atoms with Crippen LogP contribution >= 0.6 is 11.3 Å². The molecule has 3 aromatic heterocycles. The summed E-state index contributed by atoms with van der Waals surface area (Å²) in [6, 6.07) is 12.2. The summed E-state index contributed by atoms with van der Waals surface area (Å²) in [6.07, 6.45) is -1.81. The Hall–Kier alpha value is -3.20. The van der Waals surface area contributed by atoms with E-state index in [1.54, 1.807) is 22.4 Å². The molecule has 0 radical (unpaired) electrons. The summed E-state index contributed by atoms with van der Waals surface area (Å²) in [7, 11) is 0. The Morgan fingerprint density at radius 3 is 2.72 bits per heavy atom. The smallest absolute Gasteiger partial charge is 0.331 e. The average molecular weight is 456 g/mol. The van der Waals surface area contributed by atoms with Gasteiger partial charge in [-0.3, -0.25) is 4.79 Å². The van der Waals surface area contributed by atoms with Crippen LogP contribution in [0.3, 0.4) is 0 Å². The molecule has 1 aliphatic rings. The maximum absolute atomic E-state index is 13.8. The van der Waals surface area contributed by atoms with E-state index in [1.807, 2.05) is 31.2 Å². The fourth-order valence-corrected chi connectivity index (χ4v) is 5.00. The van der Waals surface area contributed by atoms with Gasteiger partial charge in [-0.2, -0.15) is 18.3 Å². The number of alkyl halides is 3. The Kier molecular flexibility index (Phi) is 5.00. The van der Waals surface area contributed by atoms with E-state index in [1.165, 1.54) is 17.5 Å². The number of aryl methyl sites for hydroxylation is 1. The Morgan fingerprint density at radius 2 is 2.00 bits per heavy atom. The van der Waals surface area contributed by atoms with E-state index >= 15 is 0 Å². The highest BCUT2D eigenvalue weighted by Gasteiger charge is 2.38. The number of carbonyl (C=O) groups is 1. The first-order chi connectivity index (χ1) is 15.3. The largest absolute Gasteiger partial charge is 0.433 e. The summed E-state index contributed by atoms with van der Waals surface area (Å²) in [5.74, 6) is -0.352. The number of fused-ring (bicyclic) bond motifs is 1. The van der Waals surface area contributed by atoms with Gasteiger partial charge in [-0.15, -0.1) is 11.3 Å². The maximum Gasteiger partial charge on any atom is 0.433 e. The van der Waals surface area contributed by atoms with Crippen molar-refractivity contribution in [2.24, 2.45) is 0 Å². The van der Waals surface area contributed by atoms with E-state index in [0.29, 0.717) is 11.4 Å². The molecule has 32 heavy (non-hydrogen) atoms. The van der Waals surface area contributed by atoms with Gasteiger partial charge in [-0.25, -0.2) is 9.50 Å². The van der Waals surface area contributed by atoms with Crippen molar-refractivity contribution >= 4 is 22.9 Å². The summed E-state index contributed by atoms with van der Waals surface area (Å²) < 4.78 is 42.1. The molecule has 0 spiro atoms. The number of carbonyl (C=O) groups excluding carboxylic acids is 1. The number of amides is 1. The lowest BCUT2D eigenvalue weighted by Crippen LogP contribution is -2.31. The molecule has 1 fully saturated rings. The molecule has 0 aliphatic carbocycles. The fraction of sp³-hybridized carbons (Fsp3) is 0.261. The molecule has 5 rings (SSSR count). The highest BCUT2D eigenvalue weighted by Crippen LogP contribution is 2.37. The van der Waals surface area contributed by atoms with E-state index in [-0.39, 0.29) is 28.9 Å². The normalized spacial score (nSPS) is 16.8. The van der Waals surface area contributed by atoms with Crippen molar-refractivity contribution in [2.75, 3.05) is 6.54 Å². The van der Waals surface area contributed by atoms with Crippen LogP contribution in [0.15, 0.2) is 54.0 Å². The molecule has 0 bridgehead atoms. The molecular formula is C23H19F3N4OS. The molecular weight excluding hydrogens is 437 g/mol. The standard InChI is InChI=1S/C23H19F3N4OS/c1-14-6-2-3-7-15(14)18-8-4-10-29(18)22(31)16-13-27-30-20(23(24,25)26)12-17(28-21(16)30)19-9-5-11-32-19/h2-3,5-7,9,11-13,18H,4,8,10H2,1H3. The highest BCUT2D eigenvalue weighted by molar-refractivity contribution is 7.13. The van der Waals surface area contributed by atoms with E-state index in [0.717, 1.165) is 34.6 Å². The Morgan fingerprint density at radius 1 is 1.19 bits per heavy atom. The Balaban J connectivity index is 1.62. The first-order valence-electron chi connectivity index (χ1n) is 10.2. The number of hydrogen-bond donors (Lipinski definition) is 0. The van der Waals surface area contributed by atoms with E-state index in [4.69, 9.17) is 0 Å². The number of likely N-dealkylation sites (tertiary alicyclic amines) is 1. The van der Waals surface area contributed by atoms with Crippen molar-refractivity contribution < 1.29 is 18.0 Å². The third-order valence-electron chi connectivity index (χ3n) is 5.83. The molecule has 1 amide bonds. The zero-order valence-electron chi connectivity index (χ0n) is 17.1. The molecule has 1 aromatic carbocycles. The predicted octanol–water partition coefficient (Wildman–Crippen LogP) is 5.76. The first kappa shape index (κ1) is 20.7. The molecule has 0 saturated carbocycles. The van der Waals surface area contributed by atoms with E-state index in [2.05, 4.69) is 10.1 Å². The number of aromatic nitrogens is 3. The Labute approximate surface area is 186 Å². The van der Waals surface area contributed by atoms with Crippen LogP contribution in [0.1, 0.15) is 46.1 Å². The summed E-state index contributed by atoms with van der Waals surface area (Å²) in [5, 5.41) is 5.68. The van der Waals surface area contributed by atoms with Crippen molar-refractivity contribution in [2.45, 2.75) is 32.0 Å². The summed E-state index contributed by atoms with van der Waals surface area (Å²) in [5.41, 5.74) is 1.35. The third-order valence-corrected chi connectivity index (χ3v) is 6.72. The lowest BCUT2D eigenvalue weighted by Gasteiger charge is -2.26. The minimum atomic E-state index is -4.64. The topological polar surface area (TPSA) is 50.5 Å². The van der Waals surface area contributed by atoms with Crippen LogP contribution in [-0.4, -0.2) is 31.9 Å². The molecule has 4 aromatic rings. The lowest BCUT2D eigenvalue weighted by atomic mass is 9.99. The van der Waals surface area contributed by atoms with Crippen LogP contribution in [0.25, 0.3) is 16.2 Å². The van der Waals surface area contributed by atoms with Gasteiger partial charge in [0, 0.05) is 6.54 Å². The highest BCUT2D eigenvalue weighted by atomic mass is 32.1. The maximum atomic E-state index is 13.8. The molecule has 1 atom stereocenters. The second-order valence-corrected chi connectivity index (χ2v) is 8.76. The SMILES string of the molecule is Cc1ccccc1C1CCCN1C(=O)c1cnn2c(C(F)(F)F)cc(-c3cccs3)nc12. The summed E-state index contributed by atoms with van der Waals surface area (Å²) in [4.78, 5) is 20.3. The molecule has 9 heteroatoms. The summed E-state index contributed by atoms with van der Waals surface area (Å²) >= 11 is 1.29. The van der Waals surface area contributed by atoms with Crippen molar-refractivity contribution in [1.82, 2.24) is 19.5 Å². The quantitative estimate of drug-likeness (QED) is 0.394. The van der Waals surface area contributed by atoms with Gasteiger partial charge in [0.05, 0.1) is 22.8 Å². The van der Waals surface area contributed by atoms with Gasteiger partial charge >= 0.3 is 6.18 Å². The number of rotatable bonds is 3. The zero-order chi connectivity index (χ0) is 22.5. The van der Waals surface area contributed by atoms with Gasteiger partial charge in [-0.1, -0.05) is 30.3 Å². The number of thiophene rings is 1. The Bertz CT molecular complexity index is 1300. The van der Waals surface area contributed by atoms with Crippen molar-refractivity contribution in [3.05, 3.63) is 76.4 Å². The van der Waals surface area contributed by atoms with Crippen LogP contribution in [0.2, 0.25) is 0 Å². The number of benzene rings is 1. The zero-order valence-corrected chi connectivity index (χ0v) is 18.0. The molecule has 1 aliphatic heterocycles. The lowest BCUT2D eigenvalue weighted by molar-refractivity contribution is -0.142. The van der Waals surface area contributed by atoms with Gasteiger partial charge < -0.3 is 4.90 Å². The first-order valence-corrected chi connectivity index (χ1v) is 11.1. The van der Waals surface area contributed by atoms with Crippen LogP contribution in [0, 0.1) is 6.92 Å². The van der Waals surface area contributed by atoms with E-state index in [9.17, 15) is 18.0 Å². The van der Waals surface area contributed by atoms with Crippen molar-refractivity contribution in [3.8, 4) is 10.6 Å². The molecule has 1 unspecified atom stereocenters. The minimum absolute atomic E-state index is 0.0781. The van der Waals surface area contributed by atoms with Gasteiger partial charge in [-0.05, 0) is 48.4 Å². The van der Waals surface area contributed by atoms with Gasteiger partial charge in [0.2, 0.25) is 0 Å². The monoisotopic (exact) mass is 456 g/mol. The van der Waals surface area contributed by atoms with Crippen molar-refractivity contribution in [3.63, 3.8) is 0 Å². The van der Waals surface area contributed by atoms with E-state index < -0.39 is 11.9 Å². The molecule has 5 nitrogen and oxygen atoms in total. The van der Waals surface area contributed by atoms with Crippen molar-refractivity contribution in [1.29, 1.82) is 0 Å². The van der Waals surface area contributed by atoms with Gasteiger partial charge in [0.1, 0.15) is 5.56 Å². The van der Waals surface area contributed by atoms with Gasteiger partial charge in [0.25, 0.3) is 5.91 Å². The van der Waals surface area contributed by atoms with Crippen LogP contribution in [0.4, 0.5) is 13.2 Å². The second-order valence-electron chi connectivity index (χ2n) is 7.81. The average Bonchev–Trinajstić information content (AvgIpc) is 3.52. The molecule has 164 valence electrons. The number of hydrogen-bond acceptors (Lipinski definition) is 4. The minimum Gasteiger partial charge on any atom is -0.331 e. The summed E-state index contributed by atoms with van der Waals surface area (Å²) in [6.45, 7) is 2.53. The van der Waals surface area contributed by atoms with Crippen LogP contribution in [-0.2, 0) is 6.18 Å². The number of halogens is 3. The second kappa shape index (κ2) is 7.74. The molecule has 1 saturated heterocycles. The molecule has 4 heterocycles. The predicted molar refractivity (Wildman–Crippen MR) is 115 cm³/mol. The fourth-order valence-electron chi connectivity index (χ4n) is 4.31. The van der Waals surface area contributed by atoms with Gasteiger partial charge in [0.15, 0.2) is 11.3 Å². The van der Waals surface area contributed by atoms with Crippen LogP contribution < -0.4 is 0 Å². The van der Waals surface area contributed by atoms with Crippen LogP contribution in [0.5, 0.6) is 0 Å². The number of nitrogens with zero attached hydrogens (tertiary/aromatic N) is 4. The molecule has 0 N–H and O–H groups in total.